The van der Waals surface area contributed by atoms with E-state index in [0.29, 0.717) is 32.5 Å². The van der Waals surface area contributed by atoms with Crippen LogP contribution in [-0.4, -0.2) is 43.3 Å². The highest BCUT2D eigenvalue weighted by Gasteiger charge is 2.27. The van der Waals surface area contributed by atoms with Gasteiger partial charge in [0.25, 0.3) is 0 Å². The van der Waals surface area contributed by atoms with Crippen molar-refractivity contribution >= 4 is 18.0 Å². The lowest BCUT2D eigenvalue weighted by molar-refractivity contribution is -0.149. The summed E-state index contributed by atoms with van der Waals surface area (Å²) in [5.74, 6) is -0.599. The number of hydrogen-bond donors (Lipinski definition) is 2. The molecule has 152 valence electrons. The lowest BCUT2D eigenvalue weighted by atomic mass is 10.1. The Labute approximate surface area is 157 Å². The van der Waals surface area contributed by atoms with Crippen molar-refractivity contribution in [1.29, 1.82) is 0 Å². The first-order valence-corrected chi connectivity index (χ1v) is 9.75. The highest BCUT2D eigenvalue weighted by atomic mass is 16.5. The highest BCUT2D eigenvalue weighted by molar-refractivity contribution is 5.89. The van der Waals surface area contributed by atoms with Crippen LogP contribution in [0, 0.1) is 5.92 Å². The smallest absolute Gasteiger partial charge is 0.407 e. The Kier molecular flexibility index (Phi) is 13.4. The van der Waals surface area contributed by atoms with Crippen LogP contribution in [0.3, 0.4) is 0 Å². The third-order valence-electron chi connectivity index (χ3n) is 3.65. The SMILES string of the molecule is CCCCOC(=O)NC(CCC)C(=O)NC(CCC)C(=O)OCC(C)C. The lowest BCUT2D eigenvalue weighted by Gasteiger charge is -2.22. The molecule has 0 aromatic rings. The molecule has 0 aromatic carbocycles. The fraction of sp³-hybridized carbons (Fsp3) is 0.842. The summed E-state index contributed by atoms with van der Waals surface area (Å²) in [7, 11) is 0. The summed E-state index contributed by atoms with van der Waals surface area (Å²) >= 11 is 0. The zero-order valence-electron chi connectivity index (χ0n) is 16.9. The zero-order valence-corrected chi connectivity index (χ0v) is 16.9. The summed E-state index contributed by atoms with van der Waals surface area (Å²) in [6.07, 6.45) is 3.48. The highest BCUT2D eigenvalue weighted by Crippen LogP contribution is 2.05. The molecule has 0 rings (SSSR count). The normalized spacial score (nSPS) is 13.0. The number of nitrogens with one attached hydrogen (secondary N) is 2. The molecule has 2 atom stereocenters. The number of amides is 2. The number of rotatable bonds is 13. The Morgan fingerprint density at radius 2 is 1.46 bits per heavy atom. The maximum Gasteiger partial charge on any atom is 0.407 e. The van der Waals surface area contributed by atoms with Crippen molar-refractivity contribution in [3.63, 3.8) is 0 Å². The van der Waals surface area contributed by atoms with Crippen LogP contribution in [0.15, 0.2) is 0 Å². The predicted molar refractivity (Wildman–Crippen MR) is 101 cm³/mol. The predicted octanol–water partition coefficient (Wildman–Crippen LogP) is 3.17. The Bertz CT molecular complexity index is 426. The van der Waals surface area contributed by atoms with E-state index in [-0.39, 0.29) is 11.8 Å². The van der Waals surface area contributed by atoms with Gasteiger partial charge in [-0.1, -0.05) is 53.9 Å². The summed E-state index contributed by atoms with van der Waals surface area (Å²) in [5.41, 5.74) is 0. The van der Waals surface area contributed by atoms with Crippen molar-refractivity contribution in [2.75, 3.05) is 13.2 Å². The molecule has 26 heavy (non-hydrogen) atoms. The monoisotopic (exact) mass is 372 g/mol. The second kappa shape index (κ2) is 14.4. The van der Waals surface area contributed by atoms with Gasteiger partial charge in [-0.05, 0) is 25.2 Å². The number of ether oxygens (including phenoxy) is 2. The molecule has 7 nitrogen and oxygen atoms in total. The molecule has 0 fully saturated rings. The molecule has 0 radical (unpaired) electrons. The van der Waals surface area contributed by atoms with E-state index in [1.807, 2.05) is 34.6 Å². The number of carbonyl (C=O) groups is 3. The Morgan fingerprint density at radius 3 is 2.00 bits per heavy atom. The lowest BCUT2D eigenvalue weighted by Crippen LogP contribution is -2.52. The molecule has 0 heterocycles. The summed E-state index contributed by atoms with van der Waals surface area (Å²) in [6, 6.07) is -1.44. The van der Waals surface area contributed by atoms with E-state index in [2.05, 4.69) is 10.6 Å². The minimum atomic E-state index is -0.730. The molecule has 0 aliphatic carbocycles. The second-order valence-electron chi connectivity index (χ2n) is 6.85. The number of unbranched alkanes of at least 4 members (excludes halogenated alkanes) is 1. The topological polar surface area (TPSA) is 93.7 Å². The van der Waals surface area contributed by atoms with Gasteiger partial charge in [0.15, 0.2) is 0 Å². The van der Waals surface area contributed by atoms with Crippen LogP contribution in [0.5, 0.6) is 0 Å². The van der Waals surface area contributed by atoms with Crippen molar-refractivity contribution in [3.05, 3.63) is 0 Å². The van der Waals surface area contributed by atoms with E-state index in [1.165, 1.54) is 0 Å². The summed E-state index contributed by atoms with van der Waals surface area (Å²) < 4.78 is 10.3. The molecule has 0 aromatic heterocycles. The third kappa shape index (κ3) is 10.9. The number of carbonyl (C=O) groups excluding carboxylic acids is 3. The van der Waals surface area contributed by atoms with Crippen LogP contribution >= 0.6 is 0 Å². The number of hydrogen-bond acceptors (Lipinski definition) is 5. The van der Waals surface area contributed by atoms with Crippen molar-refractivity contribution in [2.45, 2.75) is 85.2 Å². The van der Waals surface area contributed by atoms with E-state index in [9.17, 15) is 14.4 Å². The van der Waals surface area contributed by atoms with Crippen molar-refractivity contribution in [1.82, 2.24) is 10.6 Å². The molecule has 0 spiro atoms. The van der Waals surface area contributed by atoms with Crippen LogP contribution in [-0.2, 0) is 19.1 Å². The minimum absolute atomic E-state index is 0.226. The van der Waals surface area contributed by atoms with Gasteiger partial charge >= 0.3 is 12.1 Å². The van der Waals surface area contributed by atoms with Crippen LogP contribution in [0.25, 0.3) is 0 Å². The Balaban J connectivity index is 4.74. The molecule has 0 bridgehead atoms. The number of esters is 1. The van der Waals surface area contributed by atoms with E-state index in [0.717, 1.165) is 19.3 Å². The van der Waals surface area contributed by atoms with Gasteiger partial charge in [0.2, 0.25) is 5.91 Å². The summed E-state index contributed by atoms with van der Waals surface area (Å²) in [4.78, 5) is 36.6. The van der Waals surface area contributed by atoms with Gasteiger partial charge in [0.05, 0.1) is 13.2 Å². The second-order valence-corrected chi connectivity index (χ2v) is 6.85. The van der Waals surface area contributed by atoms with Crippen LogP contribution in [0.4, 0.5) is 4.79 Å². The molecular weight excluding hydrogens is 336 g/mol. The minimum Gasteiger partial charge on any atom is -0.464 e. The average Bonchev–Trinajstić information content (AvgIpc) is 2.59. The maximum absolute atomic E-state index is 12.5. The third-order valence-corrected chi connectivity index (χ3v) is 3.65. The summed E-state index contributed by atoms with van der Waals surface area (Å²) in [6.45, 7) is 10.4. The molecule has 7 heteroatoms. The van der Waals surface area contributed by atoms with Gasteiger partial charge in [0.1, 0.15) is 12.1 Å². The first-order chi connectivity index (χ1) is 12.3. The van der Waals surface area contributed by atoms with Crippen LogP contribution in [0.1, 0.15) is 73.1 Å². The Hall–Kier alpha value is -1.79. The molecular formula is C19H36N2O5. The summed E-state index contributed by atoms with van der Waals surface area (Å²) in [5, 5.41) is 5.30. The molecule has 0 aliphatic rings. The van der Waals surface area contributed by atoms with E-state index in [1.54, 1.807) is 0 Å². The maximum atomic E-state index is 12.5. The molecule has 2 unspecified atom stereocenters. The van der Waals surface area contributed by atoms with Gasteiger partial charge < -0.3 is 20.1 Å². The van der Waals surface area contributed by atoms with Gasteiger partial charge in [-0.15, -0.1) is 0 Å². The fourth-order valence-electron chi connectivity index (χ4n) is 2.21. The van der Waals surface area contributed by atoms with Crippen molar-refractivity contribution in [2.24, 2.45) is 5.92 Å². The molecule has 2 amide bonds. The van der Waals surface area contributed by atoms with Gasteiger partial charge in [0, 0.05) is 0 Å². The first kappa shape index (κ1) is 24.2. The van der Waals surface area contributed by atoms with Crippen molar-refractivity contribution < 1.29 is 23.9 Å². The zero-order chi connectivity index (χ0) is 19.9. The van der Waals surface area contributed by atoms with E-state index < -0.39 is 24.1 Å². The van der Waals surface area contributed by atoms with E-state index in [4.69, 9.17) is 9.47 Å². The molecule has 0 saturated carbocycles. The van der Waals surface area contributed by atoms with Crippen molar-refractivity contribution in [3.8, 4) is 0 Å². The first-order valence-electron chi connectivity index (χ1n) is 9.75. The van der Waals surface area contributed by atoms with Crippen LogP contribution in [0.2, 0.25) is 0 Å². The largest absolute Gasteiger partial charge is 0.464 e. The van der Waals surface area contributed by atoms with Gasteiger partial charge in [-0.25, -0.2) is 9.59 Å². The fourth-order valence-corrected chi connectivity index (χ4v) is 2.21. The van der Waals surface area contributed by atoms with Crippen LogP contribution < -0.4 is 10.6 Å². The quantitative estimate of drug-likeness (QED) is 0.382. The van der Waals surface area contributed by atoms with Gasteiger partial charge in [-0.3, -0.25) is 4.79 Å². The standard InChI is InChI=1S/C19H36N2O5/c1-6-9-12-25-19(24)21-15(10-7-2)17(22)20-16(11-8-3)18(23)26-13-14(4)5/h14-16H,6-13H2,1-5H3,(H,20,22)(H,21,24). The number of alkyl carbamates (subject to hydrolysis) is 1. The molecule has 2 N–H and O–H groups in total. The molecule has 0 saturated heterocycles. The van der Waals surface area contributed by atoms with Gasteiger partial charge in [-0.2, -0.15) is 0 Å². The Morgan fingerprint density at radius 1 is 0.846 bits per heavy atom. The molecule has 0 aliphatic heterocycles. The van der Waals surface area contributed by atoms with E-state index >= 15 is 0 Å². The average molecular weight is 373 g/mol.